The van der Waals surface area contributed by atoms with Crippen LogP contribution in [0.4, 0.5) is 11.8 Å². The van der Waals surface area contributed by atoms with Crippen LogP contribution < -0.4 is 20.5 Å². The number of hydrogen-bond donors (Lipinski definition) is 2. The van der Waals surface area contributed by atoms with E-state index in [9.17, 15) is 0 Å². The molecule has 4 aromatic rings. The largest absolute Gasteiger partial charge is 0.496 e. The standard InChI is InChI=1S/C28H33N7O2/c1-4-35(5-2)14-15-37-23-12-10-20(11-13-23)26-30-17-22(18-31-26)24-19-33-28(29)34-27(24)32-16-21-8-6-7-9-25(21)36-3/h6-13,17-19H,4-5,14-16H2,1-3H3,(H3,29,32,33,34). The van der Waals surface area contributed by atoms with Crippen LogP contribution in [-0.4, -0.2) is 58.2 Å². The lowest BCUT2D eigenvalue weighted by Gasteiger charge is -2.18. The van der Waals surface area contributed by atoms with Gasteiger partial charge in [0, 0.05) is 53.9 Å². The molecule has 0 amide bonds. The van der Waals surface area contributed by atoms with Gasteiger partial charge in [0.15, 0.2) is 5.82 Å². The van der Waals surface area contributed by atoms with Gasteiger partial charge < -0.3 is 25.4 Å². The molecule has 3 N–H and O–H groups in total. The predicted octanol–water partition coefficient (Wildman–Crippen LogP) is 4.52. The normalized spacial score (nSPS) is 10.9. The van der Waals surface area contributed by atoms with Crippen LogP contribution in [-0.2, 0) is 6.54 Å². The number of methoxy groups -OCH3 is 1. The minimum absolute atomic E-state index is 0.184. The first kappa shape index (κ1) is 25.8. The van der Waals surface area contributed by atoms with Crippen LogP contribution in [0.5, 0.6) is 11.5 Å². The molecular formula is C28H33N7O2. The molecule has 0 unspecified atom stereocenters. The second-order valence-corrected chi connectivity index (χ2v) is 8.35. The van der Waals surface area contributed by atoms with E-state index in [0.29, 0.717) is 24.8 Å². The van der Waals surface area contributed by atoms with Crippen molar-refractivity contribution in [2.24, 2.45) is 0 Å². The van der Waals surface area contributed by atoms with E-state index in [2.05, 4.69) is 44.0 Å². The highest BCUT2D eigenvalue weighted by Crippen LogP contribution is 2.28. The molecule has 192 valence electrons. The Hall–Kier alpha value is -4.24. The Morgan fingerprint density at radius 2 is 1.62 bits per heavy atom. The lowest BCUT2D eigenvalue weighted by atomic mass is 10.1. The van der Waals surface area contributed by atoms with Crippen molar-refractivity contribution in [3.8, 4) is 34.0 Å². The molecule has 0 aliphatic rings. The zero-order valence-electron chi connectivity index (χ0n) is 21.5. The van der Waals surface area contributed by atoms with E-state index >= 15 is 0 Å². The number of likely N-dealkylation sites (N-methyl/N-ethyl adjacent to an activating group) is 1. The third-order valence-electron chi connectivity index (χ3n) is 6.09. The van der Waals surface area contributed by atoms with E-state index in [1.54, 1.807) is 25.7 Å². The van der Waals surface area contributed by atoms with Crippen molar-refractivity contribution in [1.29, 1.82) is 0 Å². The molecule has 9 heteroatoms. The summed E-state index contributed by atoms with van der Waals surface area (Å²) in [4.78, 5) is 20.1. The number of nitrogens with zero attached hydrogens (tertiary/aromatic N) is 5. The predicted molar refractivity (Wildman–Crippen MR) is 147 cm³/mol. The number of nitrogen functional groups attached to an aromatic ring is 1. The minimum atomic E-state index is 0.184. The summed E-state index contributed by atoms with van der Waals surface area (Å²) in [6.07, 6.45) is 5.20. The van der Waals surface area contributed by atoms with Crippen LogP contribution in [0.2, 0.25) is 0 Å². The summed E-state index contributed by atoms with van der Waals surface area (Å²) in [7, 11) is 1.65. The van der Waals surface area contributed by atoms with Crippen LogP contribution in [0.15, 0.2) is 67.1 Å². The van der Waals surface area contributed by atoms with Gasteiger partial charge in [-0.05, 0) is 43.4 Å². The van der Waals surface area contributed by atoms with E-state index in [1.165, 1.54) is 0 Å². The van der Waals surface area contributed by atoms with Crippen molar-refractivity contribution >= 4 is 11.8 Å². The monoisotopic (exact) mass is 499 g/mol. The second kappa shape index (κ2) is 12.6. The van der Waals surface area contributed by atoms with Crippen molar-refractivity contribution in [2.75, 3.05) is 44.4 Å². The smallest absolute Gasteiger partial charge is 0.221 e. The molecule has 4 rings (SSSR count). The number of hydrogen-bond acceptors (Lipinski definition) is 9. The van der Waals surface area contributed by atoms with Gasteiger partial charge in [-0.1, -0.05) is 32.0 Å². The summed E-state index contributed by atoms with van der Waals surface area (Å²) in [5, 5.41) is 3.34. The third-order valence-corrected chi connectivity index (χ3v) is 6.09. The van der Waals surface area contributed by atoms with E-state index in [4.69, 9.17) is 15.2 Å². The molecule has 0 radical (unpaired) electrons. The topological polar surface area (TPSA) is 111 Å². The van der Waals surface area contributed by atoms with Gasteiger partial charge in [0.1, 0.15) is 23.9 Å². The van der Waals surface area contributed by atoms with Crippen LogP contribution in [0, 0.1) is 0 Å². The number of anilines is 2. The maximum absolute atomic E-state index is 5.88. The summed E-state index contributed by atoms with van der Waals surface area (Å²) in [6, 6.07) is 15.6. The van der Waals surface area contributed by atoms with Gasteiger partial charge in [-0.3, -0.25) is 0 Å². The number of benzene rings is 2. The fourth-order valence-corrected chi connectivity index (χ4v) is 3.92. The minimum Gasteiger partial charge on any atom is -0.496 e. The summed E-state index contributed by atoms with van der Waals surface area (Å²) >= 11 is 0. The maximum atomic E-state index is 5.88. The average molecular weight is 500 g/mol. The van der Waals surface area contributed by atoms with Crippen LogP contribution in [0.1, 0.15) is 19.4 Å². The molecule has 2 heterocycles. The van der Waals surface area contributed by atoms with E-state index in [-0.39, 0.29) is 5.95 Å². The summed E-state index contributed by atoms with van der Waals surface area (Å²) in [6.45, 7) is 8.43. The van der Waals surface area contributed by atoms with Gasteiger partial charge in [-0.25, -0.2) is 15.0 Å². The van der Waals surface area contributed by atoms with Crippen LogP contribution in [0.3, 0.4) is 0 Å². The Kier molecular flexibility index (Phi) is 8.83. The molecule has 0 spiro atoms. The van der Waals surface area contributed by atoms with Gasteiger partial charge in [-0.15, -0.1) is 0 Å². The molecule has 0 saturated carbocycles. The Labute approximate surface area is 217 Å². The van der Waals surface area contributed by atoms with Crippen molar-refractivity contribution in [3.63, 3.8) is 0 Å². The van der Waals surface area contributed by atoms with Gasteiger partial charge in [-0.2, -0.15) is 4.98 Å². The molecule has 37 heavy (non-hydrogen) atoms. The Bertz CT molecular complexity index is 1280. The lowest BCUT2D eigenvalue weighted by molar-refractivity contribution is 0.223. The van der Waals surface area contributed by atoms with Crippen molar-refractivity contribution in [1.82, 2.24) is 24.8 Å². The Morgan fingerprint density at radius 1 is 0.892 bits per heavy atom. The van der Waals surface area contributed by atoms with Gasteiger partial charge in [0.05, 0.1) is 7.11 Å². The Morgan fingerprint density at radius 3 is 2.32 bits per heavy atom. The maximum Gasteiger partial charge on any atom is 0.221 e. The highest BCUT2D eigenvalue weighted by molar-refractivity contribution is 5.74. The molecule has 2 aromatic carbocycles. The first-order valence-corrected chi connectivity index (χ1v) is 12.4. The number of nitrogens with two attached hydrogens (primary N) is 1. The number of ether oxygens (including phenoxy) is 2. The van der Waals surface area contributed by atoms with Gasteiger partial charge in [0.2, 0.25) is 5.95 Å². The third kappa shape index (κ3) is 6.71. The summed E-state index contributed by atoms with van der Waals surface area (Å²) in [5.74, 6) is 3.03. The first-order valence-electron chi connectivity index (χ1n) is 12.4. The molecule has 0 saturated heterocycles. The fourth-order valence-electron chi connectivity index (χ4n) is 3.92. The number of nitrogens with one attached hydrogen (secondary N) is 1. The zero-order valence-corrected chi connectivity index (χ0v) is 21.5. The second-order valence-electron chi connectivity index (χ2n) is 8.35. The summed E-state index contributed by atoms with van der Waals surface area (Å²) < 4.78 is 11.3. The molecule has 0 fully saturated rings. The van der Waals surface area contributed by atoms with Gasteiger partial charge in [0.25, 0.3) is 0 Å². The summed E-state index contributed by atoms with van der Waals surface area (Å²) in [5.41, 5.74) is 9.32. The van der Waals surface area contributed by atoms with Crippen molar-refractivity contribution in [2.45, 2.75) is 20.4 Å². The quantitative estimate of drug-likeness (QED) is 0.290. The van der Waals surface area contributed by atoms with Gasteiger partial charge >= 0.3 is 0 Å². The van der Waals surface area contributed by atoms with Crippen LogP contribution >= 0.6 is 0 Å². The highest BCUT2D eigenvalue weighted by Gasteiger charge is 2.12. The number of para-hydroxylation sites is 1. The number of aromatic nitrogens is 4. The van der Waals surface area contributed by atoms with E-state index in [0.717, 1.165) is 53.4 Å². The van der Waals surface area contributed by atoms with Crippen LogP contribution in [0.25, 0.3) is 22.5 Å². The molecule has 9 nitrogen and oxygen atoms in total. The molecule has 0 aliphatic heterocycles. The molecule has 0 bridgehead atoms. The van der Waals surface area contributed by atoms with E-state index in [1.807, 2.05) is 48.5 Å². The lowest BCUT2D eigenvalue weighted by Crippen LogP contribution is -2.27. The number of rotatable bonds is 12. The van der Waals surface area contributed by atoms with Crippen molar-refractivity contribution in [3.05, 3.63) is 72.7 Å². The SMILES string of the molecule is CCN(CC)CCOc1ccc(-c2ncc(-c3cnc(N)nc3NCc3ccccc3OC)cn2)cc1. The molecular weight excluding hydrogens is 466 g/mol. The van der Waals surface area contributed by atoms with Crippen molar-refractivity contribution < 1.29 is 9.47 Å². The molecule has 2 aromatic heterocycles. The van der Waals surface area contributed by atoms with E-state index < -0.39 is 0 Å². The molecule has 0 atom stereocenters. The zero-order chi connectivity index (χ0) is 26.0. The first-order chi connectivity index (χ1) is 18.1. The molecule has 0 aliphatic carbocycles. The Balaban J connectivity index is 1.45. The average Bonchev–Trinajstić information content (AvgIpc) is 2.95. The fraction of sp³-hybridized carbons (Fsp3) is 0.286. The highest BCUT2D eigenvalue weighted by atomic mass is 16.5.